The largest absolute Gasteiger partial charge is 0.395 e. The van der Waals surface area contributed by atoms with E-state index in [2.05, 4.69) is 0 Å². The Kier molecular flexibility index (Phi) is 20.8. The number of carbonyl (C=O) groups is 1. The van der Waals surface area contributed by atoms with Crippen LogP contribution in [0.5, 0.6) is 0 Å². The van der Waals surface area contributed by atoms with Crippen molar-refractivity contribution < 1.29 is 50.4 Å². The van der Waals surface area contributed by atoms with Crippen LogP contribution in [0, 0.1) is 0 Å². The van der Waals surface area contributed by atoms with Gasteiger partial charge in [-0.05, 0) is 32.6 Å². The van der Waals surface area contributed by atoms with Gasteiger partial charge in [-0.15, -0.1) is 0 Å². The van der Waals surface area contributed by atoms with Crippen LogP contribution in [-0.2, 0) is 14.3 Å². The van der Waals surface area contributed by atoms with Crippen LogP contribution in [0.1, 0.15) is 147 Å². The summed E-state index contributed by atoms with van der Waals surface area (Å²) in [5, 5.41) is 58.9. The van der Waals surface area contributed by atoms with Gasteiger partial charge >= 0.3 is 0 Å². The summed E-state index contributed by atoms with van der Waals surface area (Å²) < 4.78 is 44.1. The van der Waals surface area contributed by atoms with Crippen molar-refractivity contribution in [2.75, 3.05) is 13.2 Å². The molecule has 45 heavy (non-hydrogen) atoms. The first-order valence-electron chi connectivity index (χ1n) is 19.4. The van der Waals surface area contributed by atoms with Crippen LogP contribution in [0.2, 0.25) is 0 Å². The van der Waals surface area contributed by atoms with E-state index in [1.54, 1.807) is 0 Å². The highest BCUT2D eigenvalue weighted by molar-refractivity contribution is 5.78. The minimum atomic E-state index is -2.28. The monoisotopic (exact) mass is 653 g/mol. The Morgan fingerprint density at radius 3 is 1.62 bits per heavy atom. The van der Waals surface area contributed by atoms with Gasteiger partial charge in [0.25, 0.3) is 0 Å². The molecule has 11 nitrogen and oxygen atoms in total. The SMILES string of the molecule is [2H]C([2H])(CCCCCCCCCCCCCC(O)C(C)N)C(=O)C([2H])([2H])CCCCCCC(O[C@@H]1O[C@H](CO)[C@@H](O)[C@H](O)[C@H]1O)C(N)CO. The summed E-state index contributed by atoms with van der Waals surface area (Å²) in [6.07, 6.45) is 1.45. The number of ketones is 1. The molecule has 0 aromatic heterocycles. The summed E-state index contributed by atoms with van der Waals surface area (Å²) in [6.45, 7) is 0.798. The Labute approximate surface area is 277 Å². The van der Waals surface area contributed by atoms with Crippen molar-refractivity contribution in [3.05, 3.63) is 0 Å². The van der Waals surface area contributed by atoms with E-state index in [4.69, 9.17) is 26.4 Å². The molecule has 1 fully saturated rings. The van der Waals surface area contributed by atoms with E-state index >= 15 is 0 Å². The van der Waals surface area contributed by atoms with Gasteiger partial charge in [-0.2, -0.15) is 0 Å². The number of carbonyl (C=O) groups excluding carboxylic acids is 1. The molecule has 4 unspecified atom stereocenters. The molecule has 1 rings (SSSR count). The molecule has 9 atom stereocenters. The third-order valence-corrected chi connectivity index (χ3v) is 8.62. The van der Waals surface area contributed by atoms with Gasteiger partial charge in [0.05, 0.1) is 31.5 Å². The highest BCUT2D eigenvalue weighted by atomic mass is 16.7. The predicted octanol–water partition coefficient (Wildman–Crippen LogP) is 2.96. The summed E-state index contributed by atoms with van der Waals surface area (Å²) in [4.78, 5) is 12.8. The second kappa shape index (κ2) is 26.3. The summed E-state index contributed by atoms with van der Waals surface area (Å²) >= 11 is 0. The molecule has 0 aliphatic carbocycles. The lowest BCUT2D eigenvalue weighted by atomic mass is 9.98. The van der Waals surface area contributed by atoms with Crippen LogP contribution in [0.25, 0.3) is 0 Å². The normalized spacial score (nSPS) is 26.7. The Hall–Kier alpha value is -0.730. The average molecular weight is 653 g/mol. The number of unbranched alkanes of at least 4 members (excludes halogenated alkanes) is 13. The van der Waals surface area contributed by atoms with Gasteiger partial charge in [0, 0.05) is 24.3 Å². The lowest BCUT2D eigenvalue weighted by Crippen LogP contribution is -2.60. The summed E-state index contributed by atoms with van der Waals surface area (Å²) in [6, 6.07) is -1.01. The molecular weight excluding hydrogens is 580 g/mol. The van der Waals surface area contributed by atoms with Gasteiger partial charge < -0.3 is 51.6 Å². The van der Waals surface area contributed by atoms with Gasteiger partial charge in [-0.25, -0.2) is 0 Å². The molecule has 0 aromatic carbocycles. The Morgan fingerprint density at radius 1 is 0.733 bits per heavy atom. The van der Waals surface area contributed by atoms with E-state index in [1.165, 1.54) is 12.8 Å². The molecule has 268 valence electrons. The summed E-state index contributed by atoms with van der Waals surface area (Å²) in [7, 11) is 0. The molecule has 1 saturated heterocycles. The molecule has 1 aliphatic rings. The quantitative estimate of drug-likeness (QED) is 0.0551. The van der Waals surface area contributed by atoms with Crippen LogP contribution in [-0.4, -0.2) is 105 Å². The van der Waals surface area contributed by atoms with E-state index in [0.717, 1.165) is 57.8 Å². The van der Waals surface area contributed by atoms with Gasteiger partial charge in [0.1, 0.15) is 30.2 Å². The third kappa shape index (κ3) is 19.0. The fourth-order valence-electron chi connectivity index (χ4n) is 5.48. The van der Waals surface area contributed by atoms with E-state index in [0.29, 0.717) is 38.5 Å². The van der Waals surface area contributed by atoms with Crippen molar-refractivity contribution in [2.45, 2.75) is 197 Å². The smallest absolute Gasteiger partial charge is 0.187 e. The summed E-state index contributed by atoms with van der Waals surface area (Å²) in [5.74, 6) is -1.01. The topological polar surface area (TPSA) is 209 Å². The molecule has 0 saturated carbocycles. The number of ether oxygens (including phenoxy) is 2. The maximum absolute atomic E-state index is 12.8. The molecule has 0 spiro atoms. The van der Waals surface area contributed by atoms with Crippen LogP contribution in [0.15, 0.2) is 0 Å². The second-order valence-corrected chi connectivity index (χ2v) is 12.7. The Morgan fingerprint density at radius 2 is 1.18 bits per heavy atom. The number of nitrogens with two attached hydrogens (primary N) is 2. The zero-order valence-electron chi connectivity index (χ0n) is 31.6. The number of hydrogen-bond donors (Lipinski definition) is 8. The summed E-state index contributed by atoms with van der Waals surface area (Å²) in [5.41, 5.74) is 11.7. The van der Waals surface area contributed by atoms with Crippen LogP contribution in [0.3, 0.4) is 0 Å². The molecule has 10 N–H and O–H groups in total. The lowest BCUT2D eigenvalue weighted by molar-refractivity contribution is -0.313. The zero-order valence-corrected chi connectivity index (χ0v) is 27.6. The molecule has 0 aromatic rings. The number of aliphatic hydroxyl groups excluding tert-OH is 6. The van der Waals surface area contributed by atoms with E-state index in [1.807, 2.05) is 6.92 Å². The van der Waals surface area contributed by atoms with Crippen molar-refractivity contribution >= 4 is 5.78 Å². The van der Waals surface area contributed by atoms with E-state index in [-0.39, 0.29) is 18.9 Å². The number of hydrogen-bond acceptors (Lipinski definition) is 11. The fraction of sp³-hybridized carbons (Fsp3) is 0.971. The first-order chi connectivity index (χ1) is 23.1. The van der Waals surface area contributed by atoms with Gasteiger partial charge in [-0.1, -0.05) is 96.3 Å². The van der Waals surface area contributed by atoms with Crippen LogP contribution < -0.4 is 11.5 Å². The molecular formula is C34H68N2O9. The van der Waals surface area contributed by atoms with E-state index < -0.39 is 80.7 Å². The molecule has 1 aliphatic heterocycles. The Balaban J connectivity index is 2.26. The van der Waals surface area contributed by atoms with Crippen LogP contribution in [0.4, 0.5) is 0 Å². The first kappa shape index (κ1) is 35.6. The second-order valence-electron chi connectivity index (χ2n) is 12.7. The van der Waals surface area contributed by atoms with Gasteiger partial charge in [0.15, 0.2) is 6.29 Å². The number of Topliss-reactive ketones (excluding diaryl/α,β-unsaturated/α-hetero) is 1. The van der Waals surface area contributed by atoms with Gasteiger partial charge in [0.2, 0.25) is 0 Å². The zero-order chi connectivity index (χ0) is 37.0. The van der Waals surface area contributed by atoms with Crippen molar-refractivity contribution in [3.63, 3.8) is 0 Å². The molecule has 0 radical (unpaired) electrons. The first-order valence-corrected chi connectivity index (χ1v) is 17.4. The number of aliphatic hydroxyl groups is 6. The predicted molar refractivity (Wildman–Crippen MR) is 175 cm³/mol. The maximum Gasteiger partial charge on any atom is 0.187 e. The van der Waals surface area contributed by atoms with Gasteiger partial charge in [-0.3, -0.25) is 4.79 Å². The van der Waals surface area contributed by atoms with Crippen molar-refractivity contribution in [1.29, 1.82) is 0 Å². The highest BCUT2D eigenvalue weighted by Gasteiger charge is 2.45. The minimum Gasteiger partial charge on any atom is -0.395 e. The highest BCUT2D eigenvalue weighted by Crippen LogP contribution is 2.25. The van der Waals surface area contributed by atoms with Crippen molar-refractivity contribution in [2.24, 2.45) is 11.5 Å². The maximum atomic E-state index is 12.8. The fourth-order valence-corrected chi connectivity index (χ4v) is 5.48. The standard InChI is InChI=1S/C34H68N2O9/c1-25(35)28(40)21-17-13-9-7-5-3-2-4-6-8-11-15-19-26(39)20-16-12-10-14-18-22-29(27(36)23-37)44-34-33(43)32(42)31(41)30(24-38)45-34/h25,27-34,37-38,40-43H,2-24,35-36H2,1H3/t25?,27?,28?,29?,30-,31-,32+,33-,34-/m1/s1/i19D2,20D2. The average Bonchev–Trinajstić information content (AvgIpc) is 3.06. The third-order valence-electron chi connectivity index (χ3n) is 8.62. The van der Waals surface area contributed by atoms with E-state index in [9.17, 15) is 35.4 Å². The van der Waals surface area contributed by atoms with Crippen molar-refractivity contribution in [3.8, 4) is 0 Å². The number of rotatable bonds is 29. The minimum absolute atomic E-state index is 0.00389. The molecule has 0 amide bonds. The van der Waals surface area contributed by atoms with Crippen LogP contribution >= 0.6 is 0 Å². The lowest BCUT2D eigenvalue weighted by Gasteiger charge is -2.41. The molecule has 1 heterocycles. The Bertz CT molecular complexity index is 876. The molecule has 11 heteroatoms. The van der Waals surface area contributed by atoms with Crippen molar-refractivity contribution in [1.82, 2.24) is 0 Å². The molecule has 0 bridgehead atoms.